The Kier molecular flexibility index (Phi) is 7.05. The van der Waals surface area contributed by atoms with Crippen molar-refractivity contribution in [2.45, 2.75) is 51.0 Å². The fourth-order valence-electron chi connectivity index (χ4n) is 3.39. The molecule has 0 bridgehead atoms. The molecule has 1 unspecified atom stereocenters. The largest absolute Gasteiger partial charge is 0.769 e. The molecule has 0 aliphatic carbocycles. The molecule has 1 fully saturated rings. The summed E-state index contributed by atoms with van der Waals surface area (Å²) in [5.41, 5.74) is 0.636. The SMILES string of the molecule is C[C@@H](/C=C/S(=O)[O-])NC(=O)N1[C@@H](C)C[C@@H](C(F)(F)F)C[C@H]1c1ccccc1. The van der Waals surface area contributed by atoms with Crippen LogP contribution in [0.4, 0.5) is 18.0 Å². The molecule has 1 aromatic rings. The van der Waals surface area contributed by atoms with Gasteiger partial charge < -0.3 is 14.8 Å². The maximum Gasteiger partial charge on any atom is 0.391 e. The van der Waals surface area contributed by atoms with Gasteiger partial charge in [0.15, 0.2) is 0 Å². The summed E-state index contributed by atoms with van der Waals surface area (Å²) in [4.78, 5) is 14.2. The van der Waals surface area contributed by atoms with Crippen LogP contribution in [0.25, 0.3) is 0 Å². The van der Waals surface area contributed by atoms with Crippen LogP contribution in [0.5, 0.6) is 0 Å². The quantitative estimate of drug-likeness (QED) is 0.776. The number of hydrogen-bond donors (Lipinski definition) is 1. The van der Waals surface area contributed by atoms with Crippen LogP contribution < -0.4 is 5.32 Å². The molecule has 1 aliphatic rings. The fraction of sp³-hybridized carbons (Fsp3) is 0.500. The summed E-state index contributed by atoms with van der Waals surface area (Å²) in [6.45, 7) is 3.19. The maximum atomic E-state index is 13.3. The number of alkyl halides is 3. The lowest BCUT2D eigenvalue weighted by molar-refractivity contribution is -0.192. The molecule has 2 amide bonds. The highest BCUT2D eigenvalue weighted by atomic mass is 32.2. The molecular weight excluding hydrogens is 381 g/mol. The summed E-state index contributed by atoms with van der Waals surface area (Å²) in [6.07, 6.45) is -3.40. The molecule has 0 spiro atoms. The van der Waals surface area contributed by atoms with E-state index >= 15 is 0 Å². The Morgan fingerprint density at radius 3 is 2.52 bits per heavy atom. The van der Waals surface area contributed by atoms with E-state index < -0.39 is 47.3 Å². The summed E-state index contributed by atoms with van der Waals surface area (Å²) in [5.74, 6) is -1.48. The van der Waals surface area contributed by atoms with Gasteiger partial charge in [0.05, 0.1) is 12.0 Å². The lowest BCUT2D eigenvalue weighted by Crippen LogP contribution is -2.53. The van der Waals surface area contributed by atoms with E-state index in [1.807, 2.05) is 0 Å². The van der Waals surface area contributed by atoms with Gasteiger partial charge in [-0.2, -0.15) is 13.2 Å². The molecule has 1 N–H and O–H groups in total. The molecule has 1 aromatic carbocycles. The number of benzene rings is 1. The molecule has 150 valence electrons. The van der Waals surface area contributed by atoms with Crippen LogP contribution in [-0.4, -0.2) is 38.0 Å². The van der Waals surface area contributed by atoms with E-state index in [-0.39, 0.29) is 12.8 Å². The standard InChI is InChI=1S/C18H23F3N2O3S/c1-12(8-9-27(25)26)22-17(24)23-13(2)10-15(18(19,20)21)11-16(23)14-6-4-3-5-7-14/h3-9,12-13,15-16H,10-11H2,1-2H3,(H,22,24)(H,25,26)/p-1/b9-8+/t12-,13-,15+,16-/m0/s1. The number of carbonyl (C=O) groups excluding carboxylic acids is 1. The Morgan fingerprint density at radius 2 is 1.96 bits per heavy atom. The molecule has 27 heavy (non-hydrogen) atoms. The molecule has 9 heteroatoms. The van der Waals surface area contributed by atoms with Crippen LogP contribution in [0.2, 0.25) is 0 Å². The smallest absolute Gasteiger partial charge is 0.391 e. The van der Waals surface area contributed by atoms with Gasteiger partial charge in [-0.25, -0.2) is 4.79 Å². The molecule has 5 nitrogen and oxygen atoms in total. The zero-order valence-electron chi connectivity index (χ0n) is 15.0. The average Bonchev–Trinajstić information content (AvgIpc) is 2.59. The van der Waals surface area contributed by atoms with Crippen molar-refractivity contribution in [2.24, 2.45) is 5.92 Å². The number of urea groups is 1. The monoisotopic (exact) mass is 403 g/mol. The summed E-state index contributed by atoms with van der Waals surface area (Å²) in [5, 5.41) is 3.55. The van der Waals surface area contributed by atoms with E-state index in [9.17, 15) is 26.7 Å². The highest BCUT2D eigenvalue weighted by molar-refractivity contribution is 7.82. The van der Waals surface area contributed by atoms with Gasteiger partial charge in [0.25, 0.3) is 0 Å². The molecule has 0 aromatic heterocycles. The van der Waals surface area contributed by atoms with Crippen LogP contribution in [-0.2, 0) is 11.1 Å². The number of piperidine rings is 1. The molecule has 0 saturated carbocycles. The van der Waals surface area contributed by atoms with Gasteiger partial charge in [-0.05, 0) is 48.7 Å². The van der Waals surface area contributed by atoms with Crippen molar-refractivity contribution in [3.05, 3.63) is 47.4 Å². The third-order valence-corrected chi connectivity index (χ3v) is 5.03. The first kappa shape index (κ1) is 21.4. The molecule has 5 atom stereocenters. The highest BCUT2D eigenvalue weighted by Crippen LogP contribution is 2.44. The van der Waals surface area contributed by atoms with E-state index in [0.717, 1.165) is 5.41 Å². The Labute approximate surface area is 158 Å². The molecule has 0 radical (unpaired) electrons. The van der Waals surface area contributed by atoms with E-state index in [2.05, 4.69) is 5.32 Å². The number of carbonyl (C=O) groups is 1. The number of nitrogens with zero attached hydrogens (tertiary/aromatic N) is 1. The highest BCUT2D eigenvalue weighted by Gasteiger charge is 2.48. The molecule has 1 aliphatic heterocycles. The predicted molar refractivity (Wildman–Crippen MR) is 95.3 cm³/mol. The van der Waals surface area contributed by atoms with Crippen LogP contribution in [0.3, 0.4) is 0 Å². The number of amides is 2. The van der Waals surface area contributed by atoms with E-state index in [4.69, 9.17) is 0 Å². The molecular formula is C18H22F3N2O3S-. The van der Waals surface area contributed by atoms with Crippen LogP contribution in [0.15, 0.2) is 41.8 Å². The van der Waals surface area contributed by atoms with Crippen molar-refractivity contribution in [1.29, 1.82) is 0 Å². The van der Waals surface area contributed by atoms with Gasteiger partial charge in [0.1, 0.15) is 0 Å². The number of nitrogens with one attached hydrogen (secondary N) is 1. The third kappa shape index (κ3) is 5.80. The minimum atomic E-state index is -4.32. The second-order valence-corrected chi connectivity index (χ2v) is 7.51. The average molecular weight is 403 g/mol. The van der Waals surface area contributed by atoms with Gasteiger partial charge in [-0.1, -0.05) is 36.4 Å². The van der Waals surface area contributed by atoms with E-state index in [0.29, 0.717) is 5.56 Å². The zero-order valence-corrected chi connectivity index (χ0v) is 15.8. The normalized spacial score (nSPS) is 26.0. The number of hydrogen-bond acceptors (Lipinski definition) is 3. The third-order valence-electron chi connectivity index (χ3n) is 4.66. The van der Waals surface area contributed by atoms with Crippen molar-refractivity contribution in [3.63, 3.8) is 0 Å². The van der Waals surface area contributed by atoms with Crippen molar-refractivity contribution in [3.8, 4) is 0 Å². The molecule has 1 heterocycles. The second kappa shape index (κ2) is 8.88. The van der Waals surface area contributed by atoms with Crippen LogP contribution in [0.1, 0.15) is 38.3 Å². The minimum Gasteiger partial charge on any atom is -0.769 e. The first-order chi connectivity index (χ1) is 12.6. The van der Waals surface area contributed by atoms with Gasteiger partial charge >= 0.3 is 12.2 Å². The van der Waals surface area contributed by atoms with Crippen LogP contribution >= 0.6 is 0 Å². The maximum absolute atomic E-state index is 13.3. The summed E-state index contributed by atoms with van der Waals surface area (Å²) in [7, 11) is 0. The lowest BCUT2D eigenvalue weighted by Gasteiger charge is -2.44. The number of likely N-dealkylation sites (tertiary alicyclic amines) is 1. The van der Waals surface area contributed by atoms with Crippen LogP contribution in [0, 0.1) is 5.92 Å². The van der Waals surface area contributed by atoms with E-state index in [1.165, 1.54) is 11.0 Å². The summed E-state index contributed by atoms with van der Waals surface area (Å²) >= 11 is -2.38. The molecule has 2 rings (SSSR count). The van der Waals surface area contributed by atoms with Gasteiger partial charge in [-0.15, -0.1) is 0 Å². The first-order valence-corrected chi connectivity index (χ1v) is 9.70. The van der Waals surface area contributed by atoms with E-state index in [1.54, 1.807) is 44.2 Å². The Balaban J connectivity index is 2.25. The first-order valence-electron chi connectivity index (χ1n) is 8.56. The Morgan fingerprint density at radius 1 is 1.33 bits per heavy atom. The number of halogens is 3. The Bertz CT molecular complexity index is 697. The zero-order chi connectivity index (χ0) is 20.2. The van der Waals surface area contributed by atoms with Gasteiger partial charge in [-0.3, -0.25) is 4.21 Å². The fourth-order valence-corrected chi connectivity index (χ4v) is 3.76. The van der Waals surface area contributed by atoms with Crippen molar-refractivity contribution in [1.82, 2.24) is 10.2 Å². The van der Waals surface area contributed by atoms with Crippen molar-refractivity contribution in [2.75, 3.05) is 0 Å². The van der Waals surface area contributed by atoms with Gasteiger partial charge in [0, 0.05) is 12.1 Å². The Hall–Kier alpha value is -1.87. The number of rotatable bonds is 4. The lowest BCUT2D eigenvalue weighted by atomic mass is 9.83. The minimum absolute atomic E-state index is 0.172. The summed E-state index contributed by atoms with van der Waals surface area (Å²) in [6, 6.07) is 6.18. The molecule has 1 saturated heterocycles. The van der Waals surface area contributed by atoms with Gasteiger partial charge in [0.2, 0.25) is 0 Å². The van der Waals surface area contributed by atoms with Crippen molar-refractivity contribution < 1.29 is 26.7 Å². The van der Waals surface area contributed by atoms with Crippen molar-refractivity contribution >= 4 is 17.1 Å². The summed E-state index contributed by atoms with van der Waals surface area (Å²) < 4.78 is 61.2. The predicted octanol–water partition coefficient (Wildman–Crippen LogP) is 3.88. The topological polar surface area (TPSA) is 72.5 Å². The second-order valence-electron chi connectivity index (χ2n) is 6.72.